The minimum absolute atomic E-state index is 0.104. The van der Waals surface area contributed by atoms with Gasteiger partial charge in [-0.05, 0) is 41.3 Å². The van der Waals surface area contributed by atoms with Crippen LogP contribution in [-0.4, -0.2) is 94.1 Å². The van der Waals surface area contributed by atoms with Gasteiger partial charge in [-0.15, -0.1) is 28.2 Å². The fourth-order valence-corrected chi connectivity index (χ4v) is 7.18. The summed E-state index contributed by atoms with van der Waals surface area (Å²) < 4.78 is 1.47. The molecule has 2 aromatic heterocycles. The SMILES string of the molecule is Cn1nnnc1SCC1=C(C(=O)O)N2C(=O)C(NC(=O)C(=NOC3C=CCCC3)c3csc(NC=O)n3)[C@@H]2SC1. The molecule has 0 saturated carbocycles. The maximum absolute atomic E-state index is 13.4. The van der Waals surface area contributed by atoms with Crippen LogP contribution in [0, 0.1) is 0 Å². The molecule has 3 N–H and O–H groups in total. The number of carboxylic acid groups (broad SMARTS) is 1. The van der Waals surface area contributed by atoms with Crippen LogP contribution in [0.4, 0.5) is 5.13 Å². The van der Waals surface area contributed by atoms with E-state index in [-0.39, 0.29) is 34.1 Å². The summed E-state index contributed by atoms with van der Waals surface area (Å²) in [6, 6.07) is -0.977. The third-order valence-corrected chi connectivity index (χ3v) is 9.34. The molecule has 0 radical (unpaired) electrons. The van der Waals surface area contributed by atoms with Crippen LogP contribution in [0.3, 0.4) is 0 Å². The molecule has 0 spiro atoms. The highest BCUT2D eigenvalue weighted by molar-refractivity contribution is 8.01. The van der Waals surface area contributed by atoms with Gasteiger partial charge in [0.1, 0.15) is 28.9 Å². The van der Waals surface area contributed by atoms with Crippen LogP contribution in [0.2, 0.25) is 0 Å². The van der Waals surface area contributed by atoms with Gasteiger partial charge in [-0.25, -0.2) is 14.5 Å². The Morgan fingerprint density at radius 1 is 1.40 bits per heavy atom. The monoisotopic (exact) mass is 605 g/mol. The van der Waals surface area contributed by atoms with E-state index in [0.717, 1.165) is 30.6 Å². The minimum atomic E-state index is -1.23. The number of anilines is 1. The third kappa shape index (κ3) is 5.73. The summed E-state index contributed by atoms with van der Waals surface area (Å²) in [5, 5.41) is 32.0. The highest BCUT2D eigenvalue weighted by Gasteiger charge is 2.54. The maximum Gasteiger partial charge on any atom is 0.352 e. The van der Waals surface area contributed by atoms with Gasteiger partial charge >= 0.3 is 5.97 Å². The first-order valence-corrected chi connectivity index (χ1v) is 14.9. The summed E-state index contributed by atoms with van der Waals surface area (Å²) in [4.78, 5) is 60.5. The number of thioether (sulfide) groups is 2. The lowest BCUT2D eigenvalue weighted by atomic mass is 10.0. The van der Waals surface area contributed by atoms with Gasteiger partial charge in [0.2, 0.25) is 11.6 Å². The molecule has 0 aromatic carbocycles. The summed E-state index contributed by atoms with van der Waals surface area (Å²) >= 11 is 3.71. The maximum atomic E-state index is 13.4. The van der Waals surface area contributed by atoms with Crippen LogP contribution in [0.25, 0.3) is 0 Å². The molecule has 5 rings (SSSR count). The molecule has 18 heteroatoms. The average Bonchev–Trinajstić information content (AvgIpc) is 3.59. The van der Waals surface area contributed by atoms with Crippen molar-refractivity contribution in [2.24, 2.45) is 12.2 Å². The standard InChI is InChI=1S/C22H23N9O6S3/c1-30-22(26-28-29-30)40-8-11-7-38-19-15(18(34)31(19)16(11)20(35)36)25-17(33)14(13-9-39-21(24-13)23-10-32)27-37-12-5-3-2-4-6-12/h3,5,9-10,12,15,19H,2,4,6-8H2,1H3,(H,25,33)(H,35,36)(H,23,24,32)/t12?,15?,19-/m0/s1. The second-order valence-electron chi connectivity index (χ2n) is 8.73. The molecule has 3 atom stereocenters. The van der Waals surface area contributed by atoms with Gasteiger partial charge in [-0.2, -0.15) is 0 Å². The molecule has 1 fully saturated rings. The molecule has 40 heavy (non-hydrogen) atoms. The van der Waals surface area contributed by atoms with Gasteiger partial charge in [0.15, 0.2) is 10.8 Å². The average molecular weight is 606 g/mol. The first-order chi connectivity index (χ1) is 19.4. The number of tetrazole rings is 1. The summed E-state index contributed by atoms with van der Waals surface area (Å²) in [6.45, 7) is 0. The van der Waals surface area contributed by atoms with Crippen LogP contribution in [0.1, 0.15) is 25.0 Å². The van der Waals surface area contributed by atoms with Crippen molar-refractivity contribution < 1.29 is 29.1 Å². The van der Waals surface area contributed by atoms with Gasteiger partial charge < -0.3 is 20.6 Å². The first kappa shape index (κ1) is 27.8. The van der Waals surface area contributed by atoms with Gasteiger partial charge in [0, 0.05) is 23.9 Å². The molecular weight excluding hydrogens is 583 g/mol. The number of fused-ring (bicyclic) bond motifs is 1. The van der Waals surface area contributed by atoms with Gasteiger partial charge in [-0.3, -0.25) is 19.3 Å². The van der Waals surface area contributed by atoms with E-state index in [4.69, 9.17) is 4.84 Å². The van der Waals surface area contributed by atoms with Crippen LogP contribution in [0.15, 0.2) is 39.1 Å². The minimum Gasteiger partial charge on any atom is -0.477 e. The van der Waals surface area contributed by atoms with Crippen LogP contribution in [0.5, 0.6) is 0 Å². The summed E-state index contributed by atoms with van der Waals surface area (Å²) in [6.07, 6.45) is 6.59. The van der Waals surface area contributed by atoms with Crippen molar-refractivity contribution in [1.82, 2.24) is 35.4 Å². The number of nitrogens with one attached hydrogen (secondary N) is 2. The van der Waals surface area contributed by atoms with Crippen molar-refractivity contribution in [1.29, 1.82) is 0 Å². The fraction of sp³-hybridized carbons (Fsp3) is 0.409. The quantitative estimate of drug-likeness (QED) is 0.0807. The Labute approximate surface area is 239 Å². The number of aliphatic carboxylic acids is 1. The van der Waals surface area contributed by atoms with Crippen LogP contribution >= 0.6 is 34.9 Å². The second-order valence-corrected chi connectivity index (χ2v) is 11.6. The molecule has 1 aliphatic carbocycles. The van der Waals surface area contributed by atoms with Gasteiger partial charge in [0.25, 0.3) is 11.8 Å². The van der Waals surface area contributed by atoms with Crippen molar-refractivity contribution in [3.05, 3.63) is 34.5 Å². The van der Waals surface area contributed by atoms with E-state index in [1.165, 1.54) is 38.5 Å². The third-order valence-electron chi connectivity index (χ3n) is 6.13. The Morgan fingerprint density at radius 3 is 2.95 bits per heavy atom. The molecule has 3 aliphatic rings. The Balaban J connectivity index is 1.32. The van der Waals surface area contributed by atoms with E-state index >= 15 is 0 Å². The number of hydrogen-bond donors (Lipinski definition) is 3. The summed E-state index contributed by atoms with van der Waals surface area (Å²) in [7, 11) is 1.67. The van der Waals surface area contributed by atoms with E-state index < -0.39 is 29.2 Å². The molecular formula is C22H23N9O6S3. The van der Waals surface area contributed by atoms with Gasteiger partial charge in [0.05, 0.1) is 0 Å². The van der Waals surface area contributed by atoms with E-state index in [2.05, 4.69) is 36.3 Å². The fourth-order valence-electron chi connectivity index (χ4n) is 4.19. The number of nitrogens with zero attached hydrogens (tertiary/aromatic N) is 7. The predicted molar refractivity (Wildman–Crippen MR) is 145 cm³/mol. The number of carbonyl (C=O) groups is 4. The van der Waals surface area contributed by atoms with E-state index in [1.54, 1.807) is 7.05 Å². The van der Waals surface area contributed by atoms with E-state index in [1.807, 2.05) is 12.2 Å². The number of amides is 3. The smallest absolute Gasteiger partial charge is 0.352 e. The Kier molecular flexibility index (Phi) is 8.46. The van der Waals surface area contributed by atoms with Crippen molar-refractivity contribution in [2.75, 3.05) is 16.8 Å². The molecule has 4 heterocycles. The molecule has 210 valence electrons. The molecule has 2 aliphatic heterocycles. The zero-order valence-electron chi connectivity index (χ0n) is 20.9. The first-order valence-electron chi connectivity index (χ1n) is 12.0. The van der Waals surface area contributed by atoms with Crippen LogP contribution < -0.4 is 10.6 Å². The Bertz CT molecular complexity index is 1420. The number of allylic oxidation sites excluding steroid dienone is 1. The Morgan fingerprint density at radius 2 is 2.25 bits per heavy atom. The predicted octanol–water partition coefficient (Wildman–Crippen LogP) is 0.595. The van der Waals surface area contributed by atoms with Crippen molar-refractivity contribution in [2.45, 2.75) is 41.9 Å². The zero-order valence-corrected chi connectivity index (χ0v) is 23.4. The zero-order chi connectivity index (χ0) is 28.2. The number of rotatable bonds is 11. The molecule has 1 saturated heterocycles. The molecule has 2 aromatic rings. The number of aromatic nitrogens is 5. The number of β-lactam (4-membered cyclic amide) rings is 1. The van der Waals surface area contributed by atoms with Gasteiger partial charge in [-0.1, -0.05) is 23.0 Å². The lowest BCUT2D eigenvalue weighted by molar-refractivity contribution is -0.150. The molecule has 0 bridgehead atoms. The number of carbonyl (C=O) groups excluding carboxylic acids is 3. The second kappa shape index (κ2) is 12.2. The van der Waals surface area contributed by atoms with Crippen molar-refractivity contribution in [3.63, 3.8) is 0 Å². The van der Waals surface area contributed by atoms with Crippen molar-refractivity contribution in [3.8, 4) is 0 Å². The molecule has 2 unspecified atom stereocenters. The van der Waals surface area contributed by atoms with E-state index in [9.17, 15) is 24.3 Å². The lowest BCUT2D eigenvalue weighted by Gasteiger charge is -2.49. The highest BCUT2D eigenvalue weighted by atomic mass is 32.2. The number of thiazole rings is 1. The number of aryl methyl sites for hydroxylation is 1. The topological polar surface area (TPSA) is 194 Å². The highest BCUT2D eigenvalue weighted by Crippen LogP contribution is 2.41. The van der Waals surface area contributed by atoms with Crippen molar-refractivity contribution >= 4 is 69.9 Å². The molecule has 3 amide bonds. The van der Waals surface area contributed by atoms with E-state index in [0.29, 0.717) is 22.9 Å². The number of hydrogen-bond acceptors (Lipinski definition) is 13. The molecule has 15 nitrogen and oxygen atoms in total. The lowest BCUT2D eigenvalue weighted by Crippen LogP contribution is -2.71. The Hall–Kier alpha value is -3.77. The summed E-state index contributed by atoms with van der Waals surface area (Å²) in [5.41, 5.74) is 0.445. The van der Waals surface area contributed by atoms with Crippen LogP contribution in [-0.2, 0) is 31.1 Å². The summed E-state index contributed by atoms with van der Waals surface area (Å²) in [5.74, 6) is -1.88. The normalized spacial score (nSPS) is 22.4. The number of oxime groups is 1. The largest absolute Gasteiger partial charge is 0.477 e. The number of carboxylic acids is 1.